The van der Waals surface area contributed by atoms with Crippen molar-refractivity contribution in [1.29, 1.82) is 0 Å². The number of halogens is 3. The first-order valence-electron chi connectivity index (χ1n) is 12.4. The zero-order chi connectivity index (χ0) is 26.6. The molecule has 1 aromatic heterocycles. The molecule has 4 rings (SSSR count). The Bertz CT molecular complexity index is 1280. The second-order valence-corrected chi connectivity index (χ2v) is 9.53. The molecule has 194 valence electrons. The van der Waals surface area contributed by atoms with Crippen LogP contribution in [-0.4, -0.2) is 22.0 Å². The third-order valence-electron chi connectivity index (χ3n) is 7.01. The van der Waals surface area contributed by atoms with Crippen molar-refractivity contribution in [2.24, 2.45) is 0 Å². The van der Waals surface area contributed by atoms with Crippen molar-refractivity contribution in [2.75, 3.05) is 5.32 Å². The van der Waals surface area contributed by atoms with Gasteiger partial charge in [-0.3, -0.25) is 14.6 Å². The molecule has 1 heterocycles. The summed E-state index contributed by atoms with van der Waals surface area (Å²) in [6, 6.07) is 13.6. The molecule has 2 N–H and O–H groups in total. The SMILES string of the molecule is Cc1c(CCC(=O)O)cccc1NC(=O)Cc1ccc(-c2ccc(C(F)(F)F)nc2)cc1C1CCCC1. The van der Waals surface area contributed by atoms with E-state index >= 15 is 0 Å². The first kappa shape index (κ1) is 26.4. The number of carboxylic acids is 1. The van der Waals surface area contributed by atoms with E-state index in [-0.39, 0.29) is 18.7 Å². The fourth-order valence-corrected chi connectivity index (χ4v) is 4.98. The van der Waals surface area contributed by atoms with E-state index in [9.17, 15) is 22.8 Å². The Balaban J connectivity index is 1.55. The number of pyridine rings is 1. The number of carboxylic acid groups (broad SMARTS) is 1. The van der Waals surface area contributed by atoms with Crippen LogP contribution in [0.3, 0.4) is 0 Å². The molecule has 3 aromatic rings. The number of carbonyl (C=O) groups excluding carboxylic acids is 1. The van der Waals surface area contributed by atoms with Crippen molar-refractivity contribution in [3.8, 4) is 11.1 Å². The molecular weight excluding hydrogens is 481 g/mol. The number of aromatic nitrogens is 1. The smallest absolute Gasteiger partial charge is 0.433 e. The van der Waals surface area contributed by atoms with Crippen LogP contribution < -0.4 is 5.32 Å². The summed E-state index contributed by atoms with van der Waals surface area (Å²) in [5, 5.41) is 11.9. The summed E-state index contributed by atoms with van der Waals surface area (Å²) in [4.78, 5) is 27.6. The lowest BCUT2D eigenvalue weighted by molar-refractivity contribution is -0.141. The second kappa shape index (κ2) is 11.2. The summed E-state index contributed by atoms with van der Waals surface area (Å²) in [5.41, 5.74) is 4.77. The van der Waals surface area contributed by atoms with Gasteiger partial charge in [-0.15, -0.1) is 0 Å². The Kier molecular flexibility index (Phi) is 7.95. The van der Waals surface area contributed by atoms with Gasteiger partial charge in [0.15, 0.2) is 0 Å². The lowest BCUT2D eigenvalue weighted by Gasteiger charge is -2.18. The Hall–Kier alpha value is -3.68. The number of aryl methyl sites for hydroxylation is 1. The Labute approximate surface area is 213 Å². The highest BCUT2D eigenvalue weighted by Crippen LogP contribution is 2.38. The third-order valence-corrected chi connectivity index (χ3v) is 7.01. The zero-order valence-corrected chi connectivity index (χ0v) is 20.6. The summed E-state index contributed by atoms with van der Waals surface area (Å²) in [7, 11) is 0. The maximum absolute atomic E-state index is 13.0. The monoisotopic (exact) mass is 510 g/mol. The van der Waals surface area contributed by atoms with Gasteiger partial charge >= 0.3 is 12.1 Å². The first-order chi connectivity index (χ1) is 17.6. The van der Waals surface area contributed by atoms with Gasteiger partial charge in [-0.1, -0.05) is 49.2 Å². The highest BCUT2D eigenvalue weighted by atomic mass is 19.4. The van der Waals surface area contributed by atoms with E-state index in [0.717, 1.165) is 59.6 Å². The van der Waals surface area contributed by atoms with Crippen molar-refractivity contribution in [1.82, 2.24) is 4.98 Å². The van der Waals surface area contributed by atoms with E-state index in [1.165, 1.54) is 12.3 Å². The number of anilines is 1. The van der Waals surface area contributed by atoms with Crippen LogP contribution in [0.5, 0.6) is 0 Å². The summed E-state index contributed by atoms with van der Waals surface area (Å²) in [5.74, 6) is -0.753. The van der Waals surface area contributed by atoms with Crippen molar-refractivity contribution in [3.05, 3.63) is 82.7 Å². The van der Waals surface area contributed by atoms with E-state index in [1.807, 2.05) is 31.2 Å². The molecule has 0 radical (unpaired) electrons. The molecule has 0 atom stereocenters. The molecule has 0 bridgehead atoms. The Morgan fingerprint density at radius 1 is 1.03 bits per heavy atom. The highest BCUT2D eigenvalue weighted by molar-refractivity contribution is 5.93. The number of benzene rings is 2. The molecule has 0 spiro atoms. The average Bonchev–Trinajstić information content (AvgIpc) is 3.39. The highest BCUT2D eigenvalue weighted by Gasteiger charge is 2.32. The molecule has 0 saturated heterocycles. The van der Waals surface area contributed by atoms with Gasteiger partial charge in [-0.2, -0.15) is 13.2 Å². The van der Waals surface area contributed by atoms with E-state index in [2.05, 4.69) is 10.3 Å². The van der Waals surface area contributed by atoms with Crippen LogP contribution in [0, 0.1) is 6.92 Å². The molecular formula is C29H29F3N2O3. The van der Waals surface area contributed by atoms with E-state index < -0.39 is 17.8 Å². The fourth-order valence-electron chi connectivity index (χ4n) is 4.98. The summed E-state index contributed by atoms with van der Waals surface area (Å²) in [6.07, 6.45) is 1.54. The minimum Gasteiger partial charge on any atom is -0.481 e. The average molecular weight is 511 g/mol. The van der Waals surface area contributed by atoms with Crippen molar-refractivity contribution in [3.63, 3.8) is 0 Å². The summed E-state index contributed by atoms with van der Waals surface area (Å²) in [6.45, 7) is 1.86. The maximum atomic E-state index is 13.0. The Morgan fingerprint density at radius 2 is 1.76 bits per heavy atom. The quantitative estimate of drug-likeness (QED) is 0.344. The van der Waals surface area contributed by atoms with E-state index in [0.29, 0.717) is 23.6 Å². The van der Waals surface area contributed by atoms with Gasteiger partial charge in [0.05, 0.1) is 6.42 Å². The van der Waals surface area contributed by atoms with Crippen LogP contribution in [0.4, 0.5) is 18.9 Å². The molecule has 5 nitrogen and oxygen atoms in total. The van der Waals surface area contributed by atoms with Crippen LogP contribution in [0.1, 0.15) is 66.0 Å². The molecule has 1 saturated carbocycles. The molecule has 1 fully saturated rings. The molecule has 0 unspecified atom stereocenters. The number of rotatable bonds is 8. The molecule has 1 amide bonds. The molecule has 0 aliphatic heterocycles. The van der Waals surface area contributed by atoms with Crippen molar-refractivity contribution < 1.29 is 27.9 Å². The van der Waals surface area contributed by atoms with E-state index in [1.54, 1.807) is 12.1 Å². The number of hydrogen-bond acceptors (Lipinski definition) is 3. The molecule has 2 aromatic carbocycles. The Morgan fingerprint density at radius 3 is 2.41 bits per heavy atom. The zero-order valence-electron chi connectivity index (χ0n) is 20.6. The summed E-state index contributed by atoms with van der Waals surface area (Å²) < 4.78 is 38.7. The van der Waals surface area contributed by atoms with Gasteiger partial charge in [-0.25, -0.2) is 0 Å². The second-order valence-electron chi connectivity index (χ2n) is 9.53. The third kappa shape index (κ3) is 6.56. The molecule has 8 heteroatoms. The predicted molar refractivity (Wildman–Crippen MR) is 135 cm³/mol. The fraction of sp³-hybridized carbons (Fsp3) is 0.345. The predicted octanol–water partition coefficient (Wildman–Crippen LogP) is 6.93. The standard InChI is InChI=1S/C29H29F3N2O3/c1-18-19(12-14-28(36)37)7-4-8-25(18)34-27(35)16-22-10-9-21(15-24(22)20-5-2-3-6-20)23-11-13-26(33-17-23)29(30,31)32/h4,7-11,13,15,17,20H,2-3,5-6,12,14,16H2,1H3,(H,34,35)(H,36,37). The van der Waals surface area contributed by atoms with Crippen molar-refractivity contribution in [2.45, 2.75) is 64.0 Å². The number of nitrogens with one attached hydrogen (secondary N) is 1. The van der Waals surface area contributed by atoms with Gasteiger partial charge < -0.3 is 10.4 Å². The van der Waals surface area contributed by atoms with Gasteiger partial charge in [0.2, 0.25) is 5.91 Å². The van der Waals surface area contributed by atoms with Crippen LogP contribution in [0.15, 0.2) is 54.7 Å². The van der Waals surface area contributed by atoms with Gasteiger partial charge in [0.25, 0.3) is 0 Å². The van der Waals surface area contributed by atoms with Crippen molar-refractivity contribution >= 4 is 17.6 Å². The van der Waals surface area contributed by atoms with Crippen LogP contribution in [0.25, 0.3) is 11.1 Å². The number of amides is 1. The molecule has 1 aliphatic rings. The minimum atomic E-state index is -4.49. The minimum absolute atomic E-state index is 0.0176. The number of hydrogen-bond donors (Lipinski definition) is 2. The van der Waals surface area contributed by atoms with Crippen LogP contribution in [0.2, 0.25) is 0 Å². The topological polar surface area (TPSA) is 79.3 Å². The first-order valence-corrected chi connectivity index (χ1v) is 12.4. The lowest BCUT2D eigenvalue weighted by Crippen LogP contribution is -2.17. The van der Waals surface area contributed by atoms with Gasteiger partial charge in [0.1, 0.15) is 5.69 Å². The normalized spacial score (nSPS) is 14.1. The largest absolute Gasteiger partial charge is 0.481 e. The maximum Gasteiger partial charge on any atom is 0.433 e. The van der Waals surface area contributed by atoms with Gasteiger partial charge in [-0.05, 0) is 72.1 Å². The number of nitrogens with zero attached hydrogens (tertiary/aromatic N) is 1. The van der Waals surface area contributed by atoms with E-state index in [4.69, 9.17) is 5.11 Å². The van der Waals surface area contributed by atoms with Crippen LogP contribution >= 0.6 is 0 Å². The molecule has 1 aliphatic carbocycles. The lowest BCUT2D eigenvalue weighted by atomic mass is 9.88. The van der Waals surface area contributed by atoms with Crippen LogP contribution in [-0.2, 0) is 28.6 Å². The molecule has 37 heavy (non-hydrogen) atoms. The van der Waals surface area contributed by atoms with Gasteiger partial charge in [0, 0.05) is 23.9 Å². The number of aliphatic carboxylic acids is 1. The summed E-state index contributed by atoms with van der Waals surface area (Å²) >= 11 is 0. The number of alkyl halides is 3. The number of carbonyl (C=O) groups is 2.